The summed E-state index contributed by atoms with van der Waals surface area (Å²) >= 11 is 0. The number of tetrazole rings is 1. The summed E-state index contributed by atoms with van der Waals surface area (Å²) in [7, 11) is 1.62. The van der Waals surface area contributed by atoms with Crippen LogP contribution in [0.2, 0.25) is 0 Å². The van der Waals surface area contributed by atoms with Gasteiger partial charge < -0.3 is 19.7 Å². The molecule has 0 saturated carbocycles. The summed E-state index contributed by atoms with van der Waals surface area (Å²) in [6.07, 6.45) is 1.43. The van der Waals surface area contributed by atoms with E-state index in [0.29, 0.717) is 36.0 Å². The first kappa shape index (κ1) is 22.3. The summed E-state index contributed by atoms with van der Waals surface area (Å²) in [5.41, 5.74) is 0.676. The highest BCUT2D eigenvalue weighted by atomic mass is 16.6. The van der Waals surface area contributed by atoms with Gasteiger partial charge >= 0.3 is 6.03 Å². The van der Waals surface area contributed by atoms with E-state index in [1.54, 1.807) is 44.3 Å². The summed E-state index contributed by atoms with van der Waals surface area (Å²) in [6, 6.07) is 11.8. The van der Waals surface area contributed by atoms with Crippen molar-refractivity contribution in [3.05, 3.63) is 59.9 Å². The fourth-order valence-electron chi connectivity index (χ4n) is 4.08. The van der Waals surface area contributed by atoms with Crippen molar-refractivity contribution in [1.82, 2.24) is 35.3 Å². The molecular weight excluding hydrogens is 454 g/mol. The van der Waals surface area contributed by atoms with Gasteiger partial charge in [0.15, 0.2) is 11.5 Å². The SMILES string of the molecule is CN(Cc1ccc2c(c1)OCCO2)C(=O)CN1C(=O)N[C@@](C)(c2cccc(-n3cnnn3)c2)C1=O. The average molecular weight is 477 g/mol. The molecule has 3 aromatic rings. The van der Waals surface area contributed by atoms with Crippen molar-refractivity contribution >= 4 is 17.8 Å². The first-order valence-electron chi connectivity index (χ1n) is 11.0. The number of hydrogen-bond acceptors (Lipinski definition) is 8. The first-order chi connectivity index (χ1) is 16.8. The maximum absolute atomic E-state index is 13.3. The van der Waals surface area contributed by atoms with Gasteiger partial charge in [0.2, 0.25) is 5.91 Å². The molecule has 0 spiro atoms. The Morgan fingerprint density at radius 1 is 1.14 bits per heavy atom. The first-order valence-corrected chi connectivity index (χ1v) is 11.0. The maximum atomic E-state index is 13.3. The van der Waals surface area contributed by atoms with Crippen molar-refractivity contribution in [3.8, 4) is 17.2 Å². The predicted molar refractivity (Wildman–Crippen MR) is 121 cm³/mol. The average Bonchev–Trinajstić information content (AvgIpc) is 3.48. The van der Waals surface area contributed by atoms with E-state index in [9.17, 15) is 14.4 Å². The number of hydrogen-bond donors (Lipinski definition) is 1. The lowest BCUT2D eigenvalue weighted by atomic mass is 9.91. The Kier molecular flexibility index (Phi) is 5.55. The van der Waals surface area contributed by atoms with Gasteiger partial charge in [-0.15, -0.1) is 5.10 Å². The third-order valence-corrected chi connectivity index (χ3v) is 6.06. The molecule has 1 aromatic heterocycles. The van der Waals surface area contributed by atoms with Crippen LogP contribution >= 0.6 is 0 Å². The number of carbonyl (C=O) groups is 3. The number of benzene rings is 2. The van der Waals surface area contributed by atoms with Crippen molar-refractivity contribution in [2.45, 2.75) is 19.0 Å². The minimum Gasteiger partial charge on any atom is -0.486 e. The van der Waals surface area contributed by atoms with Gasteiger partial charge in [0.1, 0.15) is 31.6 Å². The van der Waals surface area contributed by atoms with Crippen LogP contribution in [0.1, 0.15) is 18.1 Å². The van der Waals surface area contributed by atoms with Gasteiger partial charge in [-0.3, -0.25) is 14.5 Å². The van der Waals surface area contributed by atoms with E-state index in [1.165, 1.54) is 15.9 Å². The van der Waals surface area contributed by atoms with E-state index >= 15 is 0 Å². The number of rotatable bonds is 6. The Morgan fingerprint density at radius 2 is 1.94 bits per heavy atom. The predicted octanol–water partition coefficient (Wildman–Crippen LogP) is 0.859. The summed E-state index contributed by atoms with van der Waals surface area (Å²) in [5.74, 6) is 0.396. The molecule has 2 aliphatic heterocycles. The molecule has 3 heterocycles. The number of ether oxygens (including phenoxy) is 2. The molecule has 12 heteroatoms. The molecule has 0 radical (unpaired) electrons. The third kappa shape index (κ3) is 4.14. The summed E-state index contributed by atoms with van der Waals surface area (Å²) < 4.78 is 12.6. The van der Waals surface area contributed by atoms with Crippen LogP contribution in [0.3, 0.4) is 0 Å². The Bertz CT molecular complexity index is 1300. The lowest BCUT2D eigenvalue weighted by Gasteiger charge is -2.24. The highest BCUT2D eigenvalue weighted by molar-refractivity contribution is 6.09. The van der Waals surface area contributed by atoms with Gasteiger partial charge in [0, 0.05) is 13.6 Å². The Balaban J connectivity index is 1.28. The van der Waals surface area contributed by atoms with E-state index in [4.69, 9.17) is 9.47 Å². The number of amides is 4. The van der Waals surface area contributed by atoms with Crippen LogP contribution in [0.4, 0.5) is 4.79 Å². The number of urea groups is 1. The monoisotopic (exact) mass is 477 g/mol. The summed E-state index contributed by atoms with van der Waals surface area (Å²) in [5, 5.41) is 13.8. The lowest BCUT2D eigenvalue weighted by Crippen LogP contribution is -2.43. The highest BCUT2D eigenvalue weighted by Gasteiger charge is 2.49. The van der Waals surface area contributed by atoms with E-state index in [2.05, 4.69) is 20.8 Å². The van der Waals surface area contributed by atoms with Gasteiger partial charge in [0.25, 0.3) is 5.91 Å². The molecule has 2 aliphatic rings. The van der Waals surface area contributed by atoms with Crippen molar-refractivity contribution in [2.24, 2.45) is 0 Å². The zero-order valence-corrected chi connectivity index (χ0v) is 19.2. The largest absolute Gasteiger partial charge is 0.486 e. The molecule has 0 unspecified atom stereocenters. The van der Waals surface area contributed by atoms with E-state index in [0.717, 1.165) is 10.5 Å². The second-order valence-corrected chi connectivity index (χ2v) is 8.48. The number of fused-ring (bicyclic) bond motifs is 1. The normalized spacial score (nSPS) is 19.0. The van der Waals surface area contributed by atoms with Gasteiger partial charge in [-0.05, 0) is 52.7 Å². The topological polar surface area (TPSA) is 132 Å². The van der Waals surface area contributed by atoms with Gasteiger partial charge in [-0.2, -0.15) is 0 Å². The van der Waals surface area contributed by atoms with Crippen LogP contribution < -0.4 is 14.8 Å². The van der Waals surface area contributed by atoms with Crippen molar-refractivity contribution in [3.63, 3.8) is 0 Å². The second-order valence-electron chi connectivity index (χ2n) is 8.48. The van der Waals surface area contributed by atoms with Crippen molar-refractivity contribution in [2.75, 3.05) is 26.8 Å². The van der Waals surface area contributed by atoms with Gasteiger partial charge in [-0.25, -0.2) is 9.48 Å². The molecular formula is C23H23N7O5. The molecule has 180 valence electrons. The fourth-order valence-corrected chi connectivity index (χ4v) is 4.08. The van der Waals surface area contributed by atoms with Crippen LogP contribution in [-0.2, 0) is 21.7 Å². The van der Waals surface area contributed by atoms with Crippen LogP contribution in [-0.4, -0.2) is 74.7 Å². The number of nitrogens with zero attached hydrogens (tertiary/aromatic N) is 6. The van der Waals surface area contributed by atoms with Crippen LogP contribution in [0.5, 0.6) is 11.5 Å². The number of nitrogens with one attached hydrogen (secondary N) is 1. The number of carbonyl (C=O) groups excluding carboxylic acids is 3. The molecule has 0 aliphatic carbocycles. The molecule has 35 heavy (non-hydrogen) atoms. The molecule has 4 amide bonds. The third-order valence-electron chi connectivity index (χ3n) is 6.06. The molecule has 1 N–H and O–H groups in total. The van der Waals surface area contributed by atoms with Crippen molar-refractivity contribution < 1.29 is 23.9 Å². The smallest absolute Gasteiger partial charge is 0.325 e. The van der Waals surface area contributed by atoms with E-state index in [1.807, 2.05) is 12.1 Å². The Labute approximate surface area is 200 Å². The molecule has 2 aromatic carbocycles. The number of aromatic nitrogens is 4. The zero-order chi connectivity index (χ0) is 24.6. The molecule has 1 saturated heterocycles. The summed E-state index contributed by atoms with van der Waals surface area (Å²) in [4.78, 5) is 41.3. The molecule has 0 bridgehead atoms. The zero-order valence-electron chi connectivity index (χ0n) is 19.2. The van der Waals surface area contributed by atoms with Crippen LogP contribution in [0.25, 0.3) is 5.69 Å². The number of likely N-dealkylation sites (N-methyl/N-ethyl adjacent to an activating group) is 1. The minimum absolute atomic E-state index is 0.282. The van der Waals surface area contributed by atoms with Crippen molar-refractivity contribution in [1.29, 1.82) is 0 Å². The second kappa shape index (κ2) is 8.70. The Morgan fingerprint density at radius 3 is 2.71 bits per heavy atom. The summed E-state index contributed by atoms with van der Waals surface area (Å²) in [6.45, 7) is 2.47. The standard InChI is InChI=1S/C23H23N7O5/c1-23(16-4-3-5-17(11-16)30-14-24-26-27-30)21(32)29(22(33)25-23)13-20(31)28(2)12-15-6-7-18-19(10-15)35-9-8-34-18/h3-7,10-11,14H,8-9,12-13H2,1-2H3,(H,25,33)/t23-/m0/s1. The van der Waals surface area contributed by atoms with Gasteiger partial charge in [-0.1, -0.05) is 18.2 Å². The maximum Gasteiger partial charge on any atom is 0.325 e. The van der Waals surface area contributed by atoms with Crippen LogP contribution in [0.15, 0.2) is 48.8 Å². The highest BCUT2D eigenvalue weighted by Crippen LogP contribution is 2.32. The molecule has 1 atom stereocenters. The van der Waals surface area contributed by atoms with E-state index in [-0.39, 0.29) is 19.0 Å². The van der Waals surface area contributed by atoms with E-state index < -0.39 is 17.5 Å². The fraction of sp³-hybridized carbons (Fsp3) is 0.304. The molecule has 1 fully saturated rings. The minimum atomic E-state index is -1.34. The quantitative estimate of drug-likeness (QED) is 0.517. The van der Waals surface area contributed by atoms with Gasteiger partial charge in [0.05, 0.1) is 5.69 Å². The molecule has 12 nitrogen and oxygen atoms in total. The lowest BCUT2D eigenvalue weighted by molar-refractivity contribution is -0.138. The Hall–Kier alpha value is -4.48. The molecule has 5 rings (SSSR count). The van der Waals surface area contributed by atoms with Crippen LogP contribution in [0, 0.1) is 0 Å². The number of imide groups is 1.